The predicted octanol–water partition coefficient (Wildman–Crippen LogP) is 2.91. The monoisotopic (exact) mass is 302 g/mol. The molecule has 3 rings (SSSR count). The minimum Gasteiger partial charge on any atom is -0.365 e. The Kier molecular flexibility index (Phi) is 3.95. The van der Waals surface area contributed by atoms with E-state index < -0.39 is 10.7 Å². The number of benzene rings is 1. The standard InChI is InChI=1S/C15H15FN4O2/c16-12-3-4-14(15(8-12)20(21)22)19-7-1-2-11(9-19)13-5-6-17-10-18-13/h3-6,8,10-11H,1-2,7,9H2/t11-/m1/s1. The zero-order chi connectivity index (χ0) is 15.5. The number of aromatic nitrogens is 2. The van der Waals surface area contributed by atoms with Gasteiger partial charge in [0, 0.05) is 30.9 Å². The third-order valence-electron chi connectivity index (χ3n) is 3.92. The zero-order valence-electron chi connectivity index (χ0n) is 11.9. The average molecular weight is 302 g/mol. The van der Waals surface area contributed by atoms with Crippen LogP contribution in [0.3, 0.4) is 0 Å². The fourth-order valence-electron chi connectivity index (χ4n) is 2.89. The number of anilines is 1. The summed E-state index contributed by atoms with van der Waals surface area (Å²) in [6.45, 7) is 1.34. The lowest BCUT2D eigenvalue weighted by Gasteiger charge is -2.33. The zero-order valence-corrected chi connectivity index (χ0v) is 11.9. The molecule has 0 unspecified atom stereocenters. The van der Waals surface area contributed by atoms with E-state index in [1.165, 1.54) is 18.5 Å². The number of piperidine rings is 1. The molecule has 7 heteroatoms. The molecule has 0 saturated carbocycles. The van der Waals surface area contributed by atoms with Gasteiger partial charge in [-0.2, -0.15) is 0 Å². The molecule has 2 aromatic rings. The van der Waals surface area contributed by atoms with Crippen molar-refractivity contribution in [3.05, 3.63) is 58.4 Å². The van der Waals surface area contributed by atoms with Crippen molar-refractivity contribution in [3.8, 4) is 0 Å². The predicted molar refractivity (Wildman–Crippen MR) is 79.3 cm³/mol. The number of halogens is 1. The molecule has 0 amide bonds. The van der Waals surface area contributed by atoms with Crippen LogP contribution in [0.5, 0.6) is 0 Å². The third kappa shape index (κ3) is 2.88. The maximum Gasteiger partial charge on any atom is 0.295 e. The van der Waals surface area contributed by atoms with Crippen molar-refractivity contribution in [3.63, 3.8) is 0 Å². The summed E-state index contributed by atoms with van der Waals surface area (Å²) in [6, 6.07) is 5.59. The van der Waals surface area contributed by atoms with Gasteiger partial charge in [-0.3, -0.25) is 10.1 Å². The quantitative estimate of drug-likeness (QED) is 0.644. The average Bonchev–Trinajstić information content (AvgIpc) is 2.55. The van der Waals surface area contributed by atoms with Crippen LogP contribution in [0.2, 0.25) is 0 Å². The summed E-state index contributed by atoms with van der Waals surface area (Å²) in [6.07, 6.45) is 5.09. The van der Waals surface area contributed by atoms with Gasteiger partial charge in [-0.25, -0.2) is 14.4 Å². The summed E-state index contributed by atoms with van der Waals surface area (Å²) < 4.78 is 13.3. The van der Waals surface area contributed by atoms with E-state index in [1.807, 2.05) is 11.0 Å². The van der Waals surface area contributed by atoms with Gasteiger partial charge >= 0.3 is 0 Å². The van der Waals surface area contributed by atoms with Crippen LogP contribution in [0.15, 0.2) is 36.8 Å². The molecule has 1 atom stereocenters. The Morgan fingerprint density at radius 3 is 2.95 bits per heavy atom. The smallest absolute Gasteiger partial charge is 0.295 e. The molecule has 0 radical (unpaired) electrons. The first-order chi connectivity index (χ1) is 10.6. The second-order valence-corrected chi connectivity index (χ2v) is 5.31. The van der Waals surface area contributed by atoms with E-state index in [2.05, 4.69) is 9.97 Å². The molecule has 2 heterocycles. The topological polar surface area (TPSA) is 72.2 Å². The number of hydrogen-bond acceptors (Lipinski definition) is 5. The van der Waals surface area contributed by atoms with Crippen LogP contribution in [-0.2, 0) is 0 Å². The molecular weight excluding hydrogens is 287 g/mol. The van der Waals surface area contributed by atoms with E-state index in [4.69, 9.17) is 0 Å². The van der Waals surface area contributed by atoms with Crippen molar-refractivity contribution in [2.75, 3.05) is 18.0 Å². The van der Waals surface area contributed by atoms with E-state index in [1.54, 1.807) is 6.20 Å². The minimum atomic E-state index is -0.597. The first-order valence-corrected chi connectivity index (χ1v) is 7.10. The number of nitro groups is 1. The second kappa shape index (κ2) is 6.05. The lowest BCUT2D eigenvalue weighted by Crippen LogP contribution is -2.35. The normalized spacial score (nSPS) is 18.2. The Bertz CT molecular complexity index is 680. The van der Waals surface area contributed by atoms with Gasteiger partial charge in [0.1, 0.15) is 17.8 Å². The maximum atomic E-state index is 13.3. The van der Waals surface area contributed by atoms with Gasteiger partial charge in [-0.15, -0.1) is 0 Å². The largest absolute Gasteiger partial charge is 0.365 e. The van der Waals surface area contributed by atoms with E-state index in [0.29, 0.717) is 18.8 Å². The van der Waals surface area contributed by atoms with Crippen LogP contribution in [-0.4, -0.2) is 28.0 Å². The molecule has 1 aliphatic heterocycles. The third-order valence-corrected chi connectivity index (χ3v) is 3.92. The lowest BCUT2D eigenvalue weighted by molar-refractivity contribution is -0.384. The second-order valence-electron chi connectivity index (χ2n) is 5.31. The molecule has 0 aliphatic carbocycles. The van der Waals surface area contributed by atoms with Crippen molar-refractivity contribution in [2.24, 2.45) is 0 Å². The van der Waals surface area contributed by atoms with Gasteiger partial charge in [-0.05, 0) is 31.0 Å². The molecular formula is C15H15FN4O2. The van der Waals surface area contributed by atoms with Gasteiger partial charge in [0.15, 0.2) is 0 Å². The highest BCUT2D eigenvalue weighted by molar-refractivity contribution is 5.63. The lowest BCUT2D eigenvalue weighted by atomic mass is 9.94. The van der Waals surface area contributed by atoms with E-state index in [9.17, 15) is 14.5 Å². The number of nitro benzene ring substituents is 1. The van der Waals surface area contributed by atoms with Crippen LogP contribution in [0.1, 0.15) is 24.5 Å². The van der Waals surface area contributed by atoms with Crippen LogP contribution in [0.25, 0.3) is 0 Å². The Balaban J connectivity index is 1.88. The van der Waals surface area contributed by atoms with Gasteiger partial charge in [0.05, 0.1) is 11.0 Å². The van der Waals surface area contributed by atoms with Gasteiger partial charge in [-0.1, -0.05) is 0 Å². The van der Waals surface area contributed by atoms with Gasteiger partial charge < -0.3 is 4.90 Å². The summed E-state index contributed by atoms with van der Waals surface area (Å²) in [5.41, 5.74) is 1.21. The Morgan fingerprint density at radius 2 is 2.23 bits per heavy atom. The van der Waals surface area contributed by atoms with Crippen LogP contribution in [0, 0.1) is 15.9 Å². The fraction of sp³-hybridized carbons (Fsp3) is 0.333. The molecule has 0 spiro atoms. The molecule has 22 heavy (non-hydrogen) atoms. The number of rotatable bonds is 3. The van der Waals surface area contributed by atoms with Crippen LogP contribution < -0.4 is 4.90 Å². The molecule has 1 fully saturated rings. The molecule has 114 valence electrons. The highest BCUT2D eigenvalue weighted by Gasteiger charge is 2.27. The highest BCUT2D eigenvalue weighted by Crippen LogP contribution is 2.34. The van der Waals surface area contributed by atoms with E-state index >= 15 is 0 Å². The van der Waals surface area contributed by atoms with Crippen molar-refractivity contribution < 1.29 is 9.31 Å². The molecule has 1 saturated heterocycles. The fourth-order valence-corrected chi connectivity index (χ4v) is 2.89. The SMILES string of the molecule is O=[N+]([O-])c1cc(F)ccc1N1CCC[C@@H](c2ccncn2)C1. The first-order valence-electron chi connectivity index (χ1n) is 7.10. The van der Waals surface area contributed by atoms with E-state index in [0.717, 1.165) is 24.6 Å². The maximum absolute atomic E-state index is 13.3. The van der Waals surface area contributed by atoms with Crippen molar-refractivity contribution in [1.82, 2.24) is 9.97 Å². The molecule has 1 aromatic heterocycles. The number of nitrogens with zero attached hydrogens (tertiary/aromatic N) is 4. The highest BCUT2D eigenvalue weighted by atomic mass is 19.1. The summed E-state index contributed by atoms with van der Waals surface area (Å²) in [5, 5.41) is 11.2. The minimum absolute atomic E-state index is 0.191. The van der Waals surface area contributed by atoms with Gasteiger partial charge in [0.25, 0.3) is 5.69 Å². The van der Waals surface area contributed by atoms with Gasteiger partial charge in [0.2, 0.25) is 0 Å². The number of hydrogen-bond donors (Lipinski definition) is 0. The Hall–Kier alpha value is -2.57. The Morgan fingerprint density at radius 1 is 1.36 bits per heavy atom. The van der Waals surface area contributed by atoms with Crippen LogP contribution in [0.4, 0.5) is 15.8 Å². The Labute approximate surface area is 126 Å². The summed E-state index contributed by atoms with van der Waals surface area (Å²) in [4.78, 5) is 20.7. The summed E-state index contributed by atoms with van der Waals surface area (Å²) in [5.74, 6) is -0.402. The summed E-state index contributed by atoms with van der Waals surface area (Å²) in [7, 11) is 0. The molecule has 0 N–H and O–H groups in total. The van der Waals surface area contributed by atoms with Crippen molar-refractivity contribution in [2.45, 2.75) is 18.8 Å². The summed E-state index contributed by atoms with van der Waals surface area (Å²) >= 11 is 0. The van der Waals surface area contributed by atoms with E-state index in [-0.39, 0.29) is 11.6 Å². The molecule has 0 bridgehead atoms. The molecule has 1 aromatic carbocycles. The molecule has 1 aliphatic rings. The van der Waals surface area contributed by atoms with Crippen molar-refractivity contribution >= 4 is 11.4 Å². The first kappa shape index (κ1) is 14.4. The van der Waals surface area contributed by atoms with Crippen LogP contribution >= 0.6 is 0 Å². The molecule has 6 nitrogen and oxygen atoms in total. The van der Waals surface area contributed by atoms with Crippen molar-refractivity contribution in [1.29, 1.82) is 0 Å².